The lowest BCUT2D eigenvalue weighted by molar-refractivity contribution is -0.384. The molecule has 0 heterocycles. The van der Waals surface area contributed by atoms with Crippen LogP contribution in [0, 0.1) is 10.1 Å². The van der Waals surface area contributed by atoms with E-state index in [4.69, 9.17) is 11.8 Å². The summed E-state index contributed by atoms with van der Waals surface area (Å²) in [6.45, 7) is 0. The van der Waals surface area contributed by atoms with E-state index in [0.717, 1.165) is 6.07 Å². The Balaban J connectivity index is 3.34. The van der Waals surface area contributed by atoms with Crippen LogP contribution in [0.2, 0.25) is 0 Å². The summed E-state index contributed by atoms with van der Waals surface area (Å²) < 4.78 is 39.5. The van der Waals surface area contributed by atoms with E-state index in [9.17, 15) is 23.3 Å². The zero-order valence-corrected chi connectivity index (χ0v) is 8.16. The van der Waals surface area contributed by atoms with Gasteiger partial charge in [0.15, 0.2) is 5.69 Å². The molecule has 1 aromatic carbocycles. The predicted molar refractivity (Wildman–Crippen MR) is 48.5 cm³/mol. The van der Waals surface area contributed by atoms with Gasteiger partial charge in [-0.2, -0.15) is 13.2 Å². The summed E-state index contributed by atoms with van der Waals surface area (Å²) in [6, 6.07) is 1.86. The molecule has 86 valence electrons. The first-order chi connectivity index (χ1) is 7.36. The van der Waals surface area contributed by atoms with Gasteiger partial charge in [0.2, 0.25) is 0 Å². The van der Waals surface area contributed by atoms with Crippen LogP contribution in [-0.2, 0) is 6.18 Å². The number of hydrogen-bond acceptors (Lipinski definition) is 4. The lowest BCUT2D eigenvalue weighted by Crippen LogP contribution is -2.05. The number of nitro groups is 1. The number of rotatable bonds is 2. The summed E-state index contributed by atoms with van der Waals surface area (Å²) >= 11 is 4.86. The molecule has 0 fully saturated rings. The SMILES string of the molecule is O=[N+]([O-])c1cc(C(F)(F)F)ccc1/N=N/Cl. The fourth-order valence-electron chi connectivity index (χ4n) is 0.971. The predicted octanol–water partition coefficient (Wildman–Crippen LogP) is 3.85. The molecule has 0 aliphatic rings. The molecule has 0 saturated carbocycles. The Morgan fingerprint density at radius 2 is 2.00 bits per heavy atom. The van der Waals surface area contributed by atoms with E-state index in [2.05, 4.69) is 9.75 Å². The number of alkyl halides is 3. The van der Waals surface area contributed by atoms with E-state index in [1.165, 1.54) is 0 Å². The molecule has 5 nitrogen and oxygen atoms in total. The van der Waals surface area contributed by atoms with E-state index in [1.54, 1.807) is 0 Å². The number of halogens is 4. The Morgan fingerprint density at radius 3 is 2.44 bits per heavy atom. The summed E-state index contributed by atoms with van der Waals surface area (Å²) in [5, 5.41) is 13.6. The van der Waals surface area contributed by atoms with Crippen LogP contribution in [0.4, 0.5) is 24.5 Å². The lowest BCUT2D eigenvalue weighted by Gasteiger charge is -2.06. The van der Waals surface area contributed by atoms with Crippen LogP contribution in [0.25, 0.3) is 0 Å². The van der Waals surface area contributed by atoms with E-state index in [0.29, 0.717) is 12.1 Å². The van der Waals surface area contributed by atoms with Gasteiger partial charge in [-0.05, 0) is 12.1 Å². The van der Waals surface area contributed by atoms with Crippen molar-refractivity contribution in [3.05, 3.63) is 33.9 Å². The molecule has 0 N–H and O–H groups in total. The third-order valence-electron chi connectivity index (χ3n) is 1.64. The molecular formula is C7H3ClF3N3O2. The first kappa shape index (κ1) is 12.4. The zero-order valence-electron chi connectivity index (χ0n) is 7.40. The topological polar surface area (TPSA) is 67.9 Å². The van der Waals surface area contributed by atoms with E-state index < -0.39 is 22.4 Å². The monoisotopic (exact) mass is 253 g/mol. The van der Waals surface area contributed by atoms with Gasteiger partial charge in [0.25, 0.3) is 5.69 Å². The van der Waals surface area contributed by atoms with Crippen molar-refractivity contribution in [2.75, 3.05) is 0 Å². The number of nitro benzene ring substituents is 1. The standard InChI is InChI=1S/C7H3ClF3N3O2/c8-13-12-5-2-1-4(7(9,10)11)3-6(5)14(15)16/h1-3H/b13-12+. The van der Waals surface area contributed by atoms with Crippen molar-refractivity contribution >= 4 is 23.2 Å². The number of hydrogen-bond donors (Lipinski definition) is 0. The minimum absolute atomic E-state index is 0.340. The van der Waals surface area contributed by atoms with E-state index >= 15 is 0 Å². The van der Waals surface area contributed by atoms with Crippen molar-refractivity contribution in [1.29, 1.82) is 0 Å². The van der Waals surface area contributed by atoms with Crippen LogP contribution in [0.1, 0.15) is 5.56 Å². The van der Waals surface area contributed by atoms with Crippen molar-refractivity contribution in [1.82, 2.24) is 0 Å². The lowest BCUT2D eigenvalue weighted by atomic mass is 10.1. The second-order valence-electron chi connectivity index (χ2n) is 2.63. The van der Waals surface area contributed by atoms with Crippen LogP contribution in [0.15, 0.2) is 27.9 Å². The van der Waals surface area contributed by atoms with Crippen LogP contribution in [0.3, 0.4) is 0 Å². The minimum atomic E-state index is -4.65. The first-order valence-corrected chi connectivity index (χ1v) is 4.07. The second kappa shape index (κ2) is 4.44. The molecule has 0 unspecified atom stereocenters. The zero-order chi connectivity index (χ0) is 12.3. The molecule has 0 saturated heterocycles. The van der Waals surface area contributed by atoms with Crippen LogP contribution in [-0.4, -0.2) is 4.92 Å². The third kappa shape index (κ3) is 2.66. The Hall–Kier alpha value is -1.70. The van der Waals surface area contributed by atoms with Crippen molar-refractivity contribution in [2.45, 2.75) is 6.18 Å². The van der Waals surface area contributed by atoms with Gasteiger partial charge in [-0.15, -0.1) is 5.11 Å². The highest BCUT2D eigenvalue weighted by atomic mass is 35.5. The molecule has 9 heteroatoms. The highest BCUT2D eigenvalue weighted by Crippen LogP contribution is 2.36. The normalized spacial score (nSPS) is 12.0. The highest BCUT2D eigenvalue weighted by Gasteiger charge is 2.33. The molecule has 1 rings (SSSR count). The van der Waals surface area contributed by atoms with Gasteiger partial charge in [0.1, 0.15) is 0 Å². The Labute approximate surface area is 91.8 Å². The van der Waals surface area contributed by atoms with Crippen molar-refractivity contribution < 1.29 is 18.1 Å². The third-order valence-corrected chi connectivity index (χ3v) is 1.72. The van der Waals surface area contributed by atoms with Gasteiger partial charge in [0, 0.05) is 6.07 Å². The largest absolute Gasteiger partial charge is 0.416 e. The number of benzene rings is 1. The summed E-state index contributed by atoms with van der Waals surface area (Å²) in [6.07, 6.45) is -4.65. The quantitative estimate of drug-likeness (QED) is 0.456. The van der Waals surface area contributed by atoms with Gasteiger partial charge < -0.3 is 0 Å². The summed E-state index contributed by atoms with van der Waals surface area (Å²) in [5.74, 6) is 0. The fourth-order valence-corrected chi connectivity index (χ4v) is 1.05. The Bertz CT molecular complexity index is 447. The molecular weight excluding hydrogens is 251 g/mol. The molecule has 16 heavy (non-hydrogen) atoms. The van der Waals surface area contributed by atoms with E-state index in [-0.39, 0.29) is 5.69 Å². The molecule has 0 bridgehead atoms. The van der Waals surface area contributed by atoms with Crippen molar-refractivity contribution in [3.8, 4) is 0 Å². The first-order valence-electron chi connectivity index (χ1n) is 3.74. The van der Waals surface area contributed by atoms with Gasteiger partial charge >= 0.3 is 6.18 Å². The average molecular weight is 254 g/mol. The van der Waals surface area contributed by atoms with Crippen LogP contribution < -0.4 is 0 Å². The van der Waals surface area contributed by atoms with Crippen molar-refractivity contribution in [3.63, 3.8) is 0 Å². The summed E-state index contributed by atoms with van der Waals surface area (Å²) in [7, 11) is 0. The van der Waals surface area contributed by atoms with Gasteiger partial charge in [0.05, 0.1) is 22.3 Å². The molecule has 0 aliphatic carbocycles. The molecule has 0 atom stereocenters. The fraction of sp³-hybridized carbons (Fsp3) is 0.143. The molecule has 0 spiro atoms. The van der Waals surface area contributed by atoms with Gasteiger partial charge in [-0.25, -0.2) is 0 Å². The maximum atomic E-state index is 12.2. The average Bonchev–Trinajstić information content (AvgIpc) is 2.16. The Morgan fingerprint density at radius 1 is 1.38 bits per heavy atom. The van der Waals surface area contributed by atoms with E-state index in [1.807, 2.05) is 0 Å². The minimum Gasteiger partial charge on any atom is -0.258 e. The maximum Gasteiger partial charge on any atom is 0.416 e. The number of nitrogens with zero attached hydrogens (tertiary/aromatic N) is 3. The van der Waals surface area contributed by atoms with Crippen LogP contribution >= 0.6 is 11.8 Å². The van der Waals surface area contributed by atoms with Gasteiger partial charge in [-0.3, -0.25) is 10.1 Å². The second-order valence-corrected chi connectivity index (χ2v) is 2.79. The molecule has 0 amide bonds. The summed E-state index contributed by atoms with van der Waals surface area (Å²) in [4.78, 5) is 9.48. The highest BCUT2D eigenvalue weighted by molar-refractivity contribution is 6.14. The molecule has 1 aromatic rings. The van der Waals surface area contributed by atoms with Crippen molar-refractivity contribution in [2.24, 2.45) is 9.75 Å². The maximum absolute atomic E-state index is 12.2. The smallest absolute Gasteiger partial charge is 0.258 e. The molecule has 0 aliphatic heterocycles. The molecule has 0 radical (unpaired) electrons. The van der Waals surface area contributed by atoms with Gasteiger partial charge in [-0.1, -0.05) is 4.63 Å². The summed E-state index contributed by atoms with van der Waals surface area (Å²) in [5.41, 5.74) is -2.28. The van der Waals surface area contributed by atoms with Crippen LogP contribution in [0.5, 0.6) is 0 Å². The molecule has 0 aromatic heterocycles. The Kier molecular flexibility index (Phi) is 3.43.